The molecule has 1 aromatic rings. The minimum absolute atomic E-state index is 0.0539. The number of thiocarbonyl (C=S) groups is 1. The number of carbonyl (C=O) groups excluding carboxylic acids is 1. The van der Waals surface area contributed by atoms with Gasteiger partial charge in [-0.3, -0.25) is 4.79 Å². The number of pyridine rings is 1. The number of nitrogens with two attached hydrogens (primary N) is 1. The van der Waals surface area contributed by atoms with Gasteiger partial charge in [0.2, 0.25) is 5.91 Å². The Kier molecular flexibility index (Phi) is 5.12. The Labute approximate surface area is 131 Å². The summed E-state index contributed by atoms with van der Waals surface area (Å²) in [6.45, 7) is 6.88. The third-order valence-corrected chi connectivity index (χ3v) is 4.06. The third-order valence-electron chi connectivity index (χ3n) is 3.80. The van der Waals surface area contributed by atoms with Crippen LogP contribution in [0.5, 0.6) is 0 Å². The Balaban J connectivity index is 1.97. The Hall–Kier alpha value is -1.69. The summed E-state index contributed by atoms with van der Waals surface area (Å²) >= 11 is 5.05. The standard InChI is InChI=1S/C15H22N4OS/c1-11(2)13(14(16)21)15(20)19-9-7-18(8-10-19)12-5-3-4-6-17-12/h3-6,11,13H,7-10H2,1-2H3,(H2,16,21). The average Bonchev–Trinajstić information content (AvgIpc) is 2.47. The number of hydrogen-bond donors (Lipinski definition) is 1. The molecule has 0 spiro atoms. The van der Waals surface area contributed by atoms with Crippen molar-refractivity contribution in [3.05, 3.63) is 24.4 Å². The summed E-state index contributed by atoms with van der Waals surface area (Å²) < 4.78 is 0. The van der Waals surface area contributed by atoms with Crippen LogP contribution in [0.2, 0.25) is 0 Å². The van der Waals surface area contributed by atoms with Gasteiger partial charge in [-0.05, 0) is 18.1 Å². The van der Waals surface area contributed by atoms with Crippen LogP contribution in [0.3, 0.4) is 0 Å². The lowest BCUT2D eigenvalue weighted by atomic mass is 9.94. The molecule has 2 N–H and O–H groups in total. The number of rotatable bonds is 4. The SMILES string of the molecule is CC(C)C(C(=O)N1CCN(c2ccccn2)CC1)C(N)=S. The Morgan fingerprint density at radius 1 is 1.29 bits per heavy atom. The van der Waals surface area contributed by atoms with Crippen LogP contribution in [0.4, 0.5) is 5.82 Å². The van der Waals surface area contributed by atoms with Gasteiger partial charge in [-0.25, -0.2) is 4.98 Å². The summed E-state index contributed by atoms with van der Waals surface area (Å²) in [6, 6.07) is 5.86. The van der Waals surface area contributed by atoms with Gasteiger partial charge in [0, 0.05) is 32.4 Å². The molecule has 0 aliphatic carbocycles. The van der Waals surface area contributed by atoms with Gasteiger partial charge in [-0.2, -0.15) is 0 Å². The van der Waals surface area contributed by atoms with Crippen molar-refractivity contribution >= 4 is 28.9 Å². The zero-order valence-electron chi connectivity index (χ0n) is 12.5. The molecule has 21 heavy (non-hydrogen) atoms. The molecular formula is C15H22N4OS. The van der Waals surface area contributed by atoms with E-state index in [1.54, 1.807) is 6.20 Å². The maximum Gasteiger partial charge on any atom is 0.232 e. The number of anilines is 1. The molecule has 6 heteroatoms. The van der Waals surface area contributed by atoms with Gasteiger partial charge in [-0.1, -0.05) is 32.1 Å². The normalized spacial score (nSPS) is 16.9. The van der Waals surface area contributed by atoms with Crippen LogP contribution in [0.1, 0.15) is 13.8 Å². The third kappa shape index (κ3) is 3.69. The molecule has 5 nitrogen and oxygen atoms in total. The van der Waals surface area contributed by atoms with Gasteiger partial charge in [0.05, 0.1) is 10.9 Å². The van der Waals surface area contributed by atoms with Crippen molar-refractivity contribution in [2.75, 3.05) is 31.1 Å². The van der Waals surface area contributed by atoms with Crippen LogP contribution in [-0.2, 0) is 4.79 Å². The van der Waals surface area contributed by atoms with E-state index in [4.69, 9.17) is 18.0 Å². The number of hydrogen-bond acceptors (Lipinski definition) is 4. The van der Waals surface area contributed by atoms with Gasteiger partial charge in [-0.15, -0.1) is 0 Å². The highest BCUT2D eigenvalue weighted by atomic mass is 32.1. The van der Waals surface area contributed by atoms with Crippen molar-refractivity contribution in [1.29, 1.82) is 0 Å². The monoisotopic (exact) mass is 306 g/mol. The van der Waals surface area contributed by atoms with Gasteiger partial charge in [0.1, 0.15) is 5.82 Å². The van der Waals surface area contributed by atoms with Gasteiger partial charge < -0.3 is 15.5 Å². The van der Waals surface area contributed by atoms with E-state index < -0.39 is 0 Å². The number of amides is 1. The highest BCUT2D eigenvalue weighted by molar-refractivity contribution is 7.80. The minimum Gasteiger partial charge on any atom is -0.393 e. The summed E-state index contributed by atoms with van der Waals surface area (Å²) in [5.41, 5.74) is 5.73. The number of carbonyl (C=O) groups is 1. The summed E-state index contributed by atoms with van der Waals surface area (Å²) in [6.07, 6.45) is 1.79. The molecule has 0 saturated carbocycles. The predicted octanol–water partition coefficient (Wildman–Crippen LogP) is 1.29. The second-order valence-electron chi connectivity index (χ2n) is 5.62. The lowest BCUT2D eigenvalue weighted by Crippen LogP contribution is -2.52. The first kappa shape index (κ1) is 15.7. The van der Waals surface area contributed by atoms with Crippen molar-refractivity contribution in [2.45, 2.75) is 13.8 Å². The van der Waals surface area contributed by atoms with Gasteiger partial charge in [0.25, 0.3) is 0 Å². The molecule has 1 saturated heterocycles. The molecule has 1 aromatic heterocycles. The van der Waals surface area contributed by atoms with Gasteiger partial charge in [0.15, 0.2) is 0 Å². The van der Waals surface area contributed by atoms with Crippen LogP contribution in [0, 0.1) is 11.8 Å². The fourth-order valence-electron chi connectivity index (χ4n) is 2.63. The molecule has 0 radical (unpaired) electrons. The van der Waals surface area contributed by atoms with Crippen molar-refractivity contribution in [1.82, 2.24) is 9.88 Å². The second-order valence-corrected chi connectivity index (χ2v) is 6.10. The lowest BCUT2D eigenvalue weighted by Gasteiger charge is -2.37. The molecule has 1 fully saturated rings. The van der Waals surface area contributed by atoms with Crippen molar-refractivity contribution in [2.24, 2.45) is 17.6 Å². The molecule has 2 heterocycles. The van der Waals surface area contributed by atoms with E-state index in [2.05, 4.69) is 9.88 Å². The van der Waals surface area contributed by atoms with Crippen molar-refractivity contribution in [3.8, 4) is 0 Å². The molecule has 1 amide bonds. The Morgan fingerprint density at radius 3 is 2.43 bits per heavy atom. The second kappa shape index (κ2) is 6.85. The number of aromatic nitrogens is 1. The highest BCUT2D eigenvalue weighted by Crippen LogP contribution is 2.18. The van der Waals surface area contributed by atoms with Crippen LogP contribution >= 0.6 is 12.2 Å². The number of nitrogens with zero attached hydrogens (tertiary/aromatic N) is 3. The molecule has 1 unspecified atom stereocenters. The lowest BCUT2D eigenvalue weighted by molar-refractivity contribution is -0.134. The van der Waals surface area contributed by atoms with Crippen LogP contribution in [0.15, 0.2) is 24.4 Å². The maximum absolute atomic E-state index is 12.5. The quantitative estimate of drug-likeness (QED) is 0.849. The zero-order valence-corrected chi connectivity index (χ0v) is 13.3. The van der Waals surface area contributed by atoms with Crippen LogP contribution in [0.25, 0.3) is 0 Å². The summed E-state index contributed by atoms with van der Waals surface area (Å²) in [4.78, 5) is 21.2. The Morgan fingerprint density at radius 2 is 1.95 bits per heavy atom. The van der Waals surface area contributed by atoms with E-state index >= 15 is 0 Å². The zero-order chi connectivity index (χ0) is 15.4. The predicted molar refractivity (Wildman–Crippen MR) is 88.1 cm³/mol. The first-order chi connectivity index (χ1) is 10.0. The van der Waals surface area contributed by atoms with Crippen LogP contribution in [-0.4, -0.2) is 47.0 Å². The van der Waals surface area contributed by atoms with Crippen molar-refractivity contribution in [3.63, 3.8) is 0 Å². The molecule has 1 atom stereocenters. The summed E-state index contributed by atoms with van der Waals surface area (Å²) in [5, 5.41) is 0. The molecule has 0 bridgehead atoms. The van der Waals surface area contributed by atoms with Gasteiger partial charge >= 0.3 is 0 Å². The maximum atomic E-state index is 12.5. The molecule has 2 rings (SSSR count). The van der Waals surface area contributed by atoms with E-state index in [1.165, 1.54) is 0 Å². The summed E-state index contributed by atoms with van der Waals surface area (Å²) in [7, 11) is 0. The number of piperazine rings is 1. The molecular weight excluding hydrogens is 284 g/mol. The fourth-order valence-corrected chi connectivity index (χ4v) is 3.00. The molecule has 1 aliphatic heterocycles. The highest BCUT2D eigenvalue weighted by Gasteiger charge is 2.31. The summed E-state index contributed by atoms with van der Waals surface area (Å²) in [5.74, 6) is 0.780. The van der Waals surface area contributed by atoms with E-state index in [1.807, 2.05) is 36.9 Å². The average molecular weight is 306 g/mol. The largest absolute Gasteiger partial charge is 0.393 e. The molecule has 114 valence electrons. The first-order valence-electron chi connectivity index (χ1n) is 7.24. The minimum atomic E-state index is -0.360. The van der Waals surface area contributed by atoms with E-state index in [0.29, 0.717) is 18.1 Å². The Bertz CT molecular complexity index is 498. The molecule has 1 aliphatic rings. The smallest absolute Gasteiger partial charge is 0.232 e. The molecule has 0 aromatic carbocycles. The first-order valence-corrected chi connectivity index (χ1v) is 7.65. The topological polar surface area (TPSA) is 62.5 Å². The van der Waals surface area contributed by atoms with E-state index in [0.717, 1.165) is 18.9 Å². The van der Waals surface area contributed by atoms with Crippen molar-refractivity contribution < 1.29 is 4.79 Å². The van der Waals surface area contributed by atoms with E-state index in [-0.39, 0.29) is 17.7 Å². The van der Waals surface area contributed by atoms with Crippen LogP contribution < -0.4 is 10.6 Å². The fraction of sp³-hybridized carbons (Fsp3) is 0.533. The van der Waals surface area contributed by atoms with E-state index in [9.17, 15) is 4.79 Å².